The van der Waals surface area contributed by atoms with Crippen LogP contribution in [0.1, 0.15) is 12.5 Å². The molecule has 0 radical (unpaired) electrons. The molecule has 0 spiro atoms. The van der Waals surface area contributed by atoms with Crippen LogP contribution in [-0.2, 0) is 31.7 Å². The van der Waals surface area contributed by atoms with Gasteiger partial charge in [-0.1, -0.05) is 64.1 Å². The van der Waals surface area contributed by atoms with Gasteiger partial charge in [0.25, 0.3) is 0 Å². The van der Waals surface area contributed by atoms with Gasteiger partial charge < -0.3 is 24.3 Å². The Morgan fingerprint density at radius 2 is 1.82 bits per heavy atom. The number of aromatic nitrogens is 4. The first-order chi connectivity index (χ1) is 19.4. The lowest BCUT2D eigenvalue weighted by Crippen LogP contribution is -2.38. The van der Waals surface area contributed by atoms with E-state index in [1.165, 1.54) is 24.5 Å². The fourth-order valence-corrected chi connectivity index (χ4v) is 8.21. The van der Waals surface area contributed by atoms with Crippen LogP contribution in [0.5, 0.6) is 5.75 Å². The van der Waals surface area contributed by atoms with Crippen LogP contribution < -0.4 is 10.3 Å². The number of anilines is 1. The van der Waals surface area contributed by atoms with E-state index in [9.17, 15) is 8.96 Å². The summed E-state index contributed by atoms with van der Waals surface area (Å²) in [5.74, 6) is 0.618. The minimum atomic E-state index is -4.00. The van der Waals surface area contributed by atoms with Gasteiger partial charge in [0.1, 0.15) is 17.9 Å². The van der Waals surface area contributed by atoms with E-state index in [-0.39, 0.29) is 17.7 Å². The molecule has 1 saturated heterocycles. The molecule has 1 aliphatic rings. The van der Waals surface area contributed by atoms with E-state index < -0.39 is 32.0 Å². The quantitative estimate of drug-likeness (QED) is 0.162. The Morgan fingerprint density at radius 1 is 1.07 bits per heavy atom. The Labute approximate surface area is 239 Å². The minimum absolute atomic E-state index is 0.172. The molecule has 14 heteroatoms. The standard InChI is InChI=1S/C26H29FN5O5PS2/c1-18(11-32-16-31-24-25(28)29-15-30-26(24)32)35-17-38(33,36-21-10-6-5-9-20(21)27)37-23-14-40-39-13-22(23)34-12-19-7-3-2-4-8-19/h2-10,15-16,18,22-23H,11-14,17H2,1H3,(H2,28,29,30)/t18-,22+,23?,38?/m1/s1. The van der Waals surface area contributed by atoms with Crippen LogP contribution in [0.25, 0.3) is 11.2 Å². The number of imidazole rings is 1. The predicted molar refractivity (Wildman–Crippen MR) is 155 cm³/mol. The molecule has 4 aromatic rings. The van der Waals surface area contributed by atoms with Gasteiger partial charge in [0.05, 0.1) is 31.7 Å². The molecular weight excluding hydrogens is 576 g/mol. The molecule has 0 aliphatic carbocycles. The largest absolute Gasteiger partial charge is 0.420 e. The molecule has 1 aliphatic heterocycles. The fourth-order valence-electron chi connectivity index (χ4n) is 4.01. The van der Waals surface area contributed by atoms with E-state index in [1.54, 1.807) is 38.5 Å². The highest BCUT2D eigenvalue weighted by Gasteiger charge is 2.38. The van der Waals surface area contributed by atoms with Crippen molar-refractivity contribution < 1.29 is 27.5 Å². The van der Waals surface area contributed by atoms with Crippen LogP contribution in [-0.4, -0.2) is 55.7 Å². The third-order valence-corrected chi connectivity index (χ3v) is 9.98. The SMILES string of the molecule is C[C@H](Cn1cnc2c(N)ncnc21)OCP(=O)(Oc1ccccc1F)OC1CSSC[C@@H]1OCc1ccccc1. The first-order valence-corrected chi connectivity index (χ1v) is 16.8. The molecule has 40 heavy (non-hydrogen) atoms. The topological polar surface area (TPSA) is 124 Å². The smallest absolute Gasteiger partial charge is 0.405 e. The molecule has 2 aromatic heterocycles. The van der Waals surface area contributed by atoms with E-state index >= 15 is 0 Å². The van der Waals surface area contributed by atoms with Gasteiger partial charge in [-0.3, -0.25) is 4.52 Å². The third kappa shape index (κ3) is 7.34. The van der Waals surface area contributed by atoms with E-state index in [0.717, 1.165) is 5.56 Å². The van der Waals surface area contributed by atoms with Crippen LogP contribution >= 0.6 is 29.2 Å². The normalized spacial score (nSPS) is 19.8. The van der Waals surface area contributed by atoms with Crippen molar-refractivity contribution in [2.24, 2.45) is 0 Å². The molecule has 0 amide bonds. The molecule has 212 valence electrons. The van der Waals surface area contributed by atoms with Gasteiger partial charge in [0.15, 0.2) is 29.4 Å². The van der Waals surface area contributed by atoms with Crippen LogP contribution in [0.3, 0.4) is 0 Å². The van der Waals surface area contributed by atoms with Crippen LogP contribution in [0.2, 0.25) is 0 Å². The molecule has 10 nitrogen and oxygen atoms in total. The number of nitrogen functional groups attached to an aromatic ring is 1. The second-order valence-corrected chi connectivity index (χ2v) is 13.5. The number of ether oxygens (including phenoxy) is 2. The van der Waals surface area contributed by atoms with Crippen molar-refractivity contribution in [2.75, 3.05) is 23.6 Å². The number of benzene rings is 2. The number of halogens is 1. The zero-order valence-corrected chi connectivity index (χ0v) is 24.2. The summed E-state index contributed by atoms with van der Waals surface area (Å²) in [6, 6.07) is 15.6. The summed E-state index contributed by atoms with van der Waals surface area (Å²) in [4.78, 5) is 12.5. The fraction of sp³-hybridized carbons (Fsp3) is 0.346. The summed E-state index contributed by atoms with van der Waals surface area (Å²) < 4.78 is 54.4. The van der Waals surface area contributed by atoms with Gasteiger partial charge in [0.2, 0.25) is 0 Å². The number of hydrogen-bond donors (Lipinski definition) is 1. The monoisotopic (exact) mass is 605 g/mol. The Kier molecular flexibility index (Phi) is 9.61. The molecule has 2 unspecified atom stereocenters. The lowest BCUT2D eigenvalue weighted by Gasteiger charge is -2.33. The average Bonchev–Trinajstić information content (AvgIpc) is 3.37. The van der Waals surface area contributed by atoms with Crippen molar-refractivity contribution in [3.8, 4) is 5.75 Å². The molecule has 1 fully saturated rings. The number of hydrogen-bond acceptors (Lipinski definition) is 11. The lowest BCUT2D eigenvalue weighted by atomic mass is 10.2. The number of fused-ring (bicyclic) bond motifs is 1. The highest BCUT2D eigenvalue weighted by molar-refractivity contribution is 8.76. The average molecular weight is 606 g/mol. The summed E-state index contributed by atoms with van der Waals surface area (Å²) in [5.41, 5.74) is 7.95. The molecule has 0 bridgehead atoms. The Bertz CT molecular complexity index is 1470. The Balaban J connectivity index is 1.29. The molecular formula is C26H29FN5O5PS2. The Hall–Kier alpha value is -2.67. The summed E-state index contributed by atoms with van der Waals surface area (Å²) >= 11 is 0. The van der Waals surface area contributed by atoms with Gasteiger partial charge in [-0.25, -0.2) is 23.9 Å². The Morgan fingerprint density at radius 3 is 2.62 bits per heavy atom. The van der Waals surface area contributed by atoms with Crippen molar-refractivity contribution in [1.29, 1.82) is 0 Å². The zero-order chi connectivity index (χ0) is 28.0. The second-order valence-electron chi connectivity index (χ2n) is 9.12. The maximum atomic E-state index is 14.5. The number of nitrogens with two attached hydrogens (primary N) is 1. The first kappa shape index (κ1) is 28.8. The summed E-state index contributed by atoms with van der Waals surface area (Å²) in [6.07, 6.45) is 1.21. The van der Waals surface area contributed by atoms with Gasteiger partial charge in [-0.15, -0.1) is 0 Å². The lowest BCUT2D eigenvalue weighted by molar-refractivity contribution is -0.0193. The minimum Gasteiger partial charge on any atom is -0.420 e. The number of para-hydroxylation sites is 1. The number of nitrogens with zero attached hydrogens (tertiary/aromatic N) is 4. The van der Waals surface area contributed by atoms with Crippen molar-refractivity contribution >= 4 is 46.2 Å². The maximum absolute atomic E-state index is 14.5. The van der Waals surface area contributed by atoms with E-state index in [0.29, 0.717) is 35.8 Å². The molecule has 3 heterocycles. The summed E-state index contributed by atoms with van der Waals surface area (Å²) in [6.45, 7) is 2.53. The van der Waals surface area contributed by atoms with Gasteiger partial charge in [-0.05, 0) is 24.6 Å². The van der Waals surface area contributed by atoms with Gasteiger partial charge in [0, 0.05) is 11.5 Å². The molecule has 4 atom stereocenters. The van der Waals surface area contributed by atoms with E-state index in [2.05, 4.69) is 15.0 Å². The van der Waals surface area contributed by atoms with Crippen LogP contribution in [0.15, 0.2) is 67.3 Å². The highest BCUT2D eigenvalue weighted by Crippen LogP contribution is 2.52. The van der Waals surface area contributed by atoms with Gasteiger partial charge in [-0.2, -0.15) is 0 Å². The molecule has 2 aromatic carbocycles. The van der Waals surface area contributed by atoms with Crippen LogP contribution in [0.4, 0.5) is 10.2 Å². The summed E-state index contributed by atoms with van der Waals surface area (Å²) in [7, 11) is -0.751. The molecule has 2 N–H and O–H groups in total. The number of rotatable bonds is 12. The second kappa shape index (κ2) is 13.3. The molecule has 0 saturated carbocycles. The van der Waals surface area contributed by atoms with Crippen molar-refractivity contribution in [3.63, 3.8) is 0 Å². The van der Waals surface area contributed by atoms with Crippen molar-refractivity contribution in [3.05, 3.63) is 78.6 Å². The predicted octanol–water partition coefficient (Wildman–Crippen LogP) is 5.55. The van der Waals surface area contributed by atoms with E-state index in [1.807, 2.05) is 37.3 Å². The van der Waals surface area contributed by atoms with Crippen LogP contribution in [0, 0.1) is 5.82 Å². The first-order valence-electron chi connectivity index (χ1n) is 12.5. The molecule has 5 rings (SSSR count). The van der Waals surface area contributed by atoms with Crippen molar-refractivity contribution in [2.45, 2.75) is 38.4 Å². The highest BCUT2D eigenvalue weighted by atomic mass is 33.1. The van der Waals surface area contributed by atoms with Gasteiger partial charge >= 0.3 is 7.60 Å². The van der Waals surface area contributed by atoms with E-state index in [4.69, 9.17) is 24.3 Å². The third-order valence-electron chi connectivity index (χ3n) is 6.04. The van der Waals surface area contributed by atoms with Crippen molar-refractivity contribution in [1.82, 2.24) is 19.5 Å². The maximum Gasteiger partial charge on any atom is 0.405 e. The summed E-state index contributed by atoms with van der Waals surface area (Å²) in [5, 5.41) is 0. The zero-order valence-electron chi connectivity index (χ0n) is 21.7.